The van der Waals surface area contributed by atoms with Gasteiger partial charge in [0.25, 0.3) is 0 Å². The topological polar surface area (TPSA) is 63.3 Å². The highest BCUT2D eigenvalue weighted by Gasteiger charge is 2.50. The van der Waals surface area contributed by atoms with Gasteiger partial charge in [-0.1, -0.05) is 6.07 Å². The second-order valence-corrected chi connectivity index (χ2v) is 4.82. The molecule has 1 fully saturated rings. The van der Waals surface area contributed by atoms with Crippen LogP contribution in [0.3, 0.4) is 0 Å². The van der Waals surface area contributed by atoms with Crippen LogP contribution in [0.25, 0.3) is 0 Å². The summed E-state index contributed by atoms with van der Waals surface area (Å²) in [5, 5.41) is 9.35. The van der Waals surface area contributed by atoms with Crippen molar-refractivity contribution >= 4 is 5.97 Å². The Hall–Kier alpha value is -1.49. The van der Waals surface area contributed by atoms with Crippen molar-refractivity contribution in [1.82, 2.24) is 0 Å². The molecule has 1 atom stereocenters. The van der Waals surface area contributed by atoms with Crippen LogP contribution in [0.1, 0.15) is 18.4 Å². The molecule has 0 aromatic heterocycles. The summed E-state index contributed by atoms with van der Waals surface area (Å²) in [4.78, 5) is 11.4. The quantitative estimate of drug-likeness (QED) is 0.845. The number of benzene rings is 1. The predicted molar refractivity (Wildman–Crippen MR) is 61.9 cm³/mol. The largest absolute Gasteiger partial charge is 0.481 e. The highest BCUT2D eigenvalue weighted by molar-refractivity contribution is 5.76. The molecule has 18 heavy (non-hydrogen) atoms. The fraction of sp³-hybridized carbons (Fsp3) is 0.462. The molecule has 0 amide bonds. The molecule has 1 aromatic rings. The van der Waals surface area contributed by atoms with Gasteiger partial charge in [0.15, 0.2) is 0 Å². The standard InChI is InChI=1S/C13H15F2NO2/c14-10-2-1-3-11(15)9(10)6-13(7-16,12(17)18)8-4-5-8/h1-3,8H,4-7,16H2,(H,17,18). The van der Waals surface area contributed by atoms with Crippen LogP contribution in [0.4, 0.5) is 8.78 Å². The number of hydrogen-bond donors (Lipinski definition) is 2. The van der Waals surface area contributed by atoms with Gasteiger partial charge in [-0.05, 0) is 37.3 Å². The maximum atomic E-state index is 13.6. The van der Waals surface area contributed by atoms with Crippen molar-refractivity contribution in [2.75, 3.05) is 6.54 Å². The van der Waals surface area contributed by atoms with Gasteiger partial charge in [-0.2, -0.15) is 0 Å². The molecule has 1 saturated carbocycles. The van der Waals surface area contributed by atoms with Crippen molar-refractivity contribution in [2.45, 2.75) is 19.3 Å². The summed E-state index contributed by atoms with van der Waals surface area (Å²) in [7, 11) is 0. The van der Waals surface area contributed by atoms with E-state index in [1.165, 1.54) is 6.07 Å². The van der Waals surface area contributed by atoms with E-state index >= 15 is 0 Å². The molecule has 0 saturated heterocycles. The normalized spacial score (nSPS) is 18.4. The van der Waals surface area contributed by atoms with Crippen LogP contribution in [-0.4, -0.2) is 17.6 Å². The third kappa shape index (κ3) is 2.10. The van der Waals surface area contributed by atoms with Crippen molar-refractivity contribution in [3.05, 3.63) is 35.4 Å². The second-order valence-electron chi connectivity index (χ2n) is 4.82. The van der Waals surface area contributed by atoms with Crippen LogP contribution in [0.2, 0.25) is 0 Å². The zero-order valence-corrected chi connectivity index (χ0v) is 9.83. The van der Waals surface area contributed by atoms with Gasteiger partial charge >= 0.3 is 5.97 Å². The molecule has 0 bridgehead atoms. The lowest BCUT2D eigenvalue weighted by atomic mass is 9.77. The first-order valence-corrected chi connectivity index (χ1v) is 5.87. The first-order valence-electron chi connectivity index (χ1n) is 5.87. The second kappa shape index (κ2) is 4.65. The molecule has 3 N–H and O–H groups in total. The van der Waals surface area contributed by atoms with E-state index in [0.717, 1.165) is 25.0 Å². The molecule has 0 radical (unpaired) electrons. The van der Waals surface area contributed by atoms with E-state index < -0.39 is 23.0 Å². The van der Waals surface area contributed by atoms with E-state index in [9.17, 15) is 18.7 Å². The number of halogens is 2. The van der Waals surface area contributed by atoms with Gasteiger partial charge in [-0.25, -0.2) is 8.78 Å². The summed E-state index contributed by atoms with van der Waals surface area (Å²) in [6.07, 6.45) is 1.31. The van der Waals surface area contributed by atoms with Crippen LogP contribution in [0, 0.1) is 23.0 Å². The number of hydrogen-bond acceptors (Lipinski definition) is 2. The van der Waals surface area contributed by atoms with Gasteiger partial charge < -0.3 is 10.8 Å². The summed E-state index contributed by atoms with van der Waals surface area (Å²) < 4.78 is 27.2. The molecule has 0 heterocycles. The maximum absolute atomic E-state index is 13.6. The van der Waals surface area contributed by atoms with Crippen LogP contribution in [0.15, 0.2) is 18.2 Å². The van der Waals surface area contributed by atoms with Crippen molar-refractivity contribution < 1.29 is 18.7 Å². The average Bonchev–Trinajstić information content (AvgIpc) is 3.13. The average molecular weight is 255 g/mol. The molecule has 5 heteroatoms. The molecule has 1 unspecified atom stereocenters. The lowest BCUT2D eigenvalue weighted by Crippen LogP contribution is -2.43. The van der Waals surface area contributed by atoms with E-state index in [-0.39, 0.29) is 24.4 Å². The lowest BCUT2D eigenvalue weighted by molar-refractivity contribution is -0.149. The predicted octanol–water partition coefficient (Wildman–Crippen LogP) is 1.95. The van der Waals surface area contributed by atoms with Gasteiger partial charge in [-0.3, -0.25) is 4.79 Å². The molecule has 0 spiro atoms. The maximum Gasteiger partial charge on any atom is 0.311 e. The zero-order chi connectivity index (χ0) is 13.3. The molecular weight excluding hydrogens is 240 g/mol. The SMILES string of the molecule is NCC(Cc1c(F)cccc1F)(C(=O)O)C1CC1. The summed E-state index contributed by atoms with van der Waals surface area (Å²) in [6, 6.07) is 3.53. The van der Waals surface area contributed by atoms with Gasteiger partial charge in [0, 0.05) is 12.1 Å². The third-order valence-corrected chi connectivity index (χ3v) is 3.70. The third-order valence-electron chi connectivity index (χ3n) is 3.70. The minimum atomic E-state index is -1.25. The Labute approximate surface area is 104 Å². The Morgan fingerprint density at radius 3 is 2.33 bits per heavy atom. The zero-order valence-electron chi connectivity index (χ0n) is 9.83. The monoisotopic (exact) mass is 255 g/mol. The van der Waals surface area contributed by atoms with Crippen LogP contribution >= 0.6 is 0 Å². The number of carboxylic acids is 1. The molecule has 1 aliphatic carbocycles. The smallest absolute Gasteiger partial charge is 0.311 e. The van der Waals surface area contributed by atoms with E-state index in [1.807, 2.05) is 0 Å². The molecule has 3 nitrogen and oxygen atoms in total. The Morgan fingerprint density at radius 1 is 1.39 bits per heavy atom. The molecule has 0 aliphatic heterocycles. The van der Waals surface area contributed by atoms with Crippen molar-refractivity contribution in [3.63, 3.8) is 0 Å². The van der Waals surface area contributed by atoms with Crippen LogP contribution in [-0.2, 0) is 11.2 Å². The molecule has 98 valence electrons. The summed E-state index contributed by atoms with van der Waals surface area (Å²) in [6.45, 7) is -0.110. The number of carboxylic acid groups (broad SMARTS) is 1. The van der Waals surface area contributed by atoms with Crippen LogP contribution in [0.5, 0.6) is 0 Å². The first-order chi connectivity index (χ1) is 8.51. The Kier molecular flexibility index (Phi) is 3.34. The van der Waals surface area contributed by atoms with E-state index in [2.05, 4.69) is 0 Å². The van der Waals surface area contributed by atoms with Crippen LogP contribution < -0.4 is 5.73 Å². The minimum Gasteiger partial charge on any atom is -0.481 e. The summed E-state index contributed by atoms with van der Waals surface area (Å²) in [5.74, 6) is -2.58. The van der Waals surface area contributed by atoms with Crippen molar-refractivity contribution in [2.24, 2.45) is 17.1 Å². The number of nitrogens with two attached hydrogens (primary N) is 1. The highest BCUT2D eigenvalue weighted by atomic mass is 19.1. The van der Waals surface area contributed by atoms with Gasteiger partial charge in [0.1, 0.15) is 11.6 Å². The number of aliphatic carboxylic acids is 1. The van der Waals surface area contributed by atoms with Gasteiger partial charge in [0.2, 0.25) is 0 Å². The molecule has 1 aliphatic rings. The van der Waals surface area contributed by atoms with Crippen molar-refractivity contribution in [1.29, 1.82) is 0 Å². The van der Waals surface area contributed by atoms with E-state index in [4.69, 9.17) is 5.73 Å². The summed E-state index contributed by atoms with van der Waals surface area (Å²) >= 11 is 0. The summed E-state index contributed by atoms with van der Waals surface area (Å²) in [5.41, 5.74) is 4.14. The van der Waals surface area contributed by atoms with Crippen molar-refractivity contribution in [3.8, 4) is 0 Å². The number of rotatable bonds is 5. The molecule has 2 rings (SSSR count). The van der Waals surface area contributed by atoms with E-state index in [1.54, 1.807) is 0 Å². The Bertz CT molecular complexity index is 454. The van der Waals surface area contributed by atoms with Gasteiger partial charge in [-0.15, -0.1) is 0 Å². The fourth-order valence-electron chi connectivity index (χ4n) is 2.37. The molecular formula is C13H15F2NO2. The fourth-order valence-corrected chi connectivity index (χ4v) is 2.37. The Morgan fingerprint density at radius 2 is 1.94 bits per heavy atom. The first kappa shape index (κ1) is 13.0. The lowest BCUT2D eigenvalue weighted by Gasteiger charge is -2.28. The minimum absolute atomic E-state index is 0.0843. The highest BCUT2D eigenvalue weighted by Crippen LogP contribution is 2.47. The van der Waals surface area contributed by atoms with Gasteiger partial charge in [0.05, 0.1) is 5.41 Å². The Balaban J connectivity index is 2.37. The molecule has 1 aromatic carbocycles. The number of carbonyl (C=O) groups is 1. The van der Waals surface area contributed by atoms with E-state index in [0.29, 0.717) is 0 Å².